The molecule has 100 valence electrons. The summed E-state index contributed by atoms with van der Waals surface area (Å²) >= 11 is 5.84. The van der Waals surface area contributed by atoms with Crippen molar-refractivity contribution in [2.45, 2.75) is 0 Å². The van der Waals surface area contributed by atoms with Crippen molar-refractivity contribution in [3.63, 3.8) is 0 Å². The summed E-state index contributed by atoms with van der Waals surface area (Å²) in [4.78, 5) is 12.2. The van der Waals surface area contributed by atoms with E-state index in [1.165, 1.54) is 6.20 Å². The van der Waals surface area contributed by atoms with E-state index in [4.69, 9.17) is 17.3 Å². The van der Waals surface area contributed by atoms with Crippen molar-refractivity contribution >= 4 is 34.4 Å². The fourth-order valence-electron chi connectivity index (χ4n) is 1.93. The summed E-state index contributed by atoms with van der Waals surface area (Å²) in [6.07, 6.45) is 3.32. The van der Waals surface area contributed by atoms with Gasteiger partial charge in [-0.3, -0.25) is 4.79 Å². The van der Waals surface area contributed by atoms with Crippen LogP contribution in [0.15, 0.2) is 48.8 Å². The van der Waals surface area contributed by atoms with E-state index in [1.54, 1.807) is 28.9 Å². The highest BCUT2D eigenvalue weighted by Crippen LogP contribution is 2.23. The Kier molecular flexibility index (Phi) is 3.04. The van der Waals surface area contributed by atoms with Crippen molar-refractivity contribution in [3.8, 4) is 0 Å². The Hall–Kier alpha value is -2.53. The first kappa shape index (κ1) is 12.5. The lowest BCUT2D eigenvalue weighted by Crippen LogP contribution is -2.11. The Bertz CT molecular complexity index is 797. The van der Waals surface area contributed by atoms with E-state index >= 15 is 0 Å². The second-order valence-electron chi connectivity index (χ2n) is 4.28. The van der Waals surface area contributed by atoms with Gasteiger partial charge in [-0.25, -0.2) is 4.52 Å². The first-order chi connectivity index (χ1) is 9.65. The molecule has 3 N–H and O–H groups in total. The molecule has 0 aliphatic rings. The van der Waals surface area contributed by atoms with Crippen LogP contribution in [0, 0.1) is 0 Å². The SMILES string of the molecule is Nc1cc(NC(=O)c2cnn3ccccc23)ccc1Cl. The number of amides is 1. The van der Waals surface area contributed by atoms with Gasteiger partial charge in [0.25, 0.3) is 5.91 Å². The molecule has 5 nitrogen and oxygen atoms in total. The molecule has 0 aliphatic carbocycles. The fourth-order valence-corrected chi connectivity index (χ4v) is 2.05. The standard InChI is InChI=1S/C14H11ClN4O/c15-11-5-4-9(7-12(11)16)18-14(20)10-8-17-19-6-2-1-3-13(10)19/h1-8H,16H2,(H,18,20). The summed E-state index contributed by atoms with van der Waals surface area (Å²) in [6, 6.07) is 10.5. The van der Waals surface area contributed by atoms with E-state index < -0.39 is 0 Å². The number of nitrogens with one attached hydrogen (secondary N) is 1. The van der Waals surface area contributed by atoms with Crippen LogP contribution in [0.3, 0.4) is 0 Å². The van der Waals surface area contributed by atoms with Crippen molar-refractivity contribution < 1.29 is 4.79 Å². The predicted octanol–water partition coefficient (Wildman–Crippen LogP) is 2.82. The monoisotopic (exact) mass is 286 g/mol. The zero-order chi connectivity index (χ0) is 14.1. The van der Waals surface area contributed by atoms with Crippen LogP contribution in [0.1, 0.15) is 10.4 Å². The molecule has 20 heavy (non-hydrogen) atoms. The number of benzene rings is 1. The molecule has 0 saturated heterocycles. The quantitative estimate of drug-likeness (QED) is 0.712. The van der Waals surface area contributed by atoms with E-state index in [0.717, 1.165) is 5.52 Å². The van der Waals surface area contributed by atoms with E-state index in [1.807, 2.05) is 18.2 Å². The summed E-state index contributed by atoms with van der Waals surface area (Å²) in [7, 11) is 0. The normalized spacial score (nSPS) is 10.7. The van der Waals surface area contributed by atoms with Gasteiger partial charge in [-0.1, -0.05) is 17.7 Å². The molecule has 0 aliphatic heterocycles. The summed E-state index contributed by atoms with van der Waals surface area (Å²) in [6.45, 7) is 0. The first-order valence-electron chi connectivity index (χ1n) is 5.94. The van der Waals surface area contributed by atoms with Gasteiger partial charge >= 0.3 is 0 Å². The Morgan fingerprint density at radius 2 is 2.15 bits per heavy atom. The van der Waals surface area contributed by atoms with Crippen LogP contribution < -0.4 is 11.1 Å². The third kappa shape index (κ3) is 2.19. The summed E-state index contributed by atoms with van der Waals surface area (Å²) < 4.78 is 1.64. The van der Waals surface area contributed by atoms with Crippen LogP contribution in [0.25, 0.3) is 5.52 Å². The van der Waals surface area contributed by atoms with E-state index in [2.05, 4.69) is 10.4 Å². The Morgan fingerprint density at radius 1 is 1.30 bits per heavy atom. The highest BCUT2D eigenvalue weighted by atomic mass is 35.5. The molecule has 0 unspecified atom stereocenters. The number of halogens is 1. The van der Waals surface area contributed by atoms with E-state index in [9.17, 15) is 4.79 Å². The Labute approximate surface area is 120 Å². The molecule has 1 amide bonds. The highest BCUT2D eigenvalue weighted by molar-refractivity contribution is 6.33. The number of pyridine rings is 1. The maximum atomic E-state index is 12.2. The van der Waals surface area contributed by atoms with Crippen molar-refractivity contribution in [2.75, 3.05) is 11.1 Å². The average molecular weight is 287 g/mol. The molecule has 0 fully saturated rings. The maximum absolute atomic E-state index is 12.2. The van der Waals surface area contributed by atoms with Gasteiger partial charge in [0, 0.05) is 11.9 Å². The molecule has 0 radical (unpaired) electrons. The number of anilines is 2. The van der Waals surface area contributed by atoms with Crippen molar-refractivity contribution in [1.29, 1.82) is 0 Å². The molecule has 2 heterocycles. The number of hydrogen-bond acceptors (Lipinski definition) is 3. The van der Waals surface area contributed by atoms with Crippen LogP contribution >= 0.6 is 11.6 Å². The van der Waals surface area contributed by atoms with Gasteiger partial charge in [-0.05, 0) is 30.3 Å². The molecular formula is C14H11ClN4O. The molecule has 1 aromatic carbocycles. The number of hydrogen-bond donors (Lipinski definition) is 2. The zero-order valence-corrected chi connectivity index (χ0v) is 11.1. The van der Waals surface area contributed by atoms with Crippen LogP contribution in [-0.4, -0.2) is 15.5 Å². The van der Waals surface area contributed by atoms with Crippen molar-refractivity contribution in [1.82, 2.24) is 9.61 Å². The van der Waals surface area contributed by atoms with E-state index in [0.29, 0.717) is 22.0 Å². The van der Waals surface area contributed by atoms with Crippen LogP contribution in [0.4, 0.5) is 11.4 Å². The molecular weight excluding hydrogens is 276 g/mol. The Morgan fingerprint density at radius 3 is 2.95 bits per heavy atom. The summed E-state index contributed by atoms with van der Waals surface area (Å²) in [5.74, 6) is -0.243. The largest absolute Gasteiger partial charge is 0.397 e. The number of nitrogen functional groups attached to an aromatic ring is 1. The second-order valence-corrected chi connectivity index (χ2v) is 4.69. The lowest BCUT2D eigenvalue weighted by atomic mass is 10.2. The van der Waals surface area contributed by atoms with Gasteiger partial charge in [0.15, 0.2) is 0 Å². The topological polar surface area (TPSA) is 72.4 Å². The molecule has 0 atom stereocenters. The molecule has 0 spiro atoms. The average Bonchev–Trinajstić information content (AvgIpc) is 2.87. The number of nitrogens with two attached hydrogens (primary N) is 1. The third-order valence-corrected chi connectivity index (χ3v) is 3.27. The minimum atomic E-state index is -0.243. The first-order valence-corrected chi connectivity index (χ1v) is 6.32. The van der Waals surface area contributed by atoms with Gasteiger partial charge in [-0.15, -0.1) is 0 Å². The van der Waals surface area contributed by atoms with Crippen LogP contribution in [-0.2, 0) is 0 Å². The lowest BCUT2D eigenvalue weighted by Gasteiger charge is -2.06. The number of carbonyl (C=O) groups is 1. The molecule has 3 aromatic rings. The lowest BCUT2D eigenvalue weighted by molar-refractivity contribution is 0.102. The molecule has 6 heteroatoms. The number of nitrogens with zero attached hydrogens (tertiary/aromatic N) is 2. The highest BCUT2D eigenvalue weighted by Gasteiger charge is 2.12. The van der Waals surface area contributed by atoms with Gasteiger partial charge in [-0.2, -0.15) is 5.10 Å². The zero-order valence-electron chi connectivity index (χ0n) is 10.4. The van der Waals surface area contributed by atoms with E-state index in [-0.39, 0.29) is 5.91 Å². The molecule has 0 saturated carbocycles. The minimum Gasteiger partial charge on any atom is -0.397 e. The van der Waals surface area contributed by atoms with Crippen molar-refractivity contribution in [2.24, 2.45) is 0 Å². The predicted molar refractivity (Wildman–Crippen MR) is 79.0 cm³/mol. The van der Waals surface area contributed by atoms with Gasteiger partial charge in [0.05, 0.1) is 28.0 Å². The van der Waals surface area contributed by atoms with Crippen molar-refractivity contribution in [3.05, 3.63) is 59.4 Å². The number of carbonyl (C=O) groups excluding carboxylic acids is 1. The van der Waals surface area contributed by atoms with Gasteiger partial charge < -0.3 is 11.1 Å². The molecule has 0 bridgehead atoms. The smallest absolute Gasteiger partial charge is 0.259 e. The van der Waals surface area contributed by atoms with Gasteiger partial charge in [0.2, 0.25) is 0 Å². The van der Waals surface area contributed by atoms with Crippen LogP contribution in [0.2, 0.25) is 5.02 Å². The number of fused-ring (bicyclic) bond motifs is 1. The summed E-state index contributed by atoms with van der Waals surface area (Å²) in [5, 5.41) is 7.35. The summed E-state index contributed by atoms with van der Waals surface area (Å²) in [5.41, 5.74) is 7.96. The fraction of sp³-hybridized carbons (Fsp3) is 0. The Balaban J connectivity index is 1.91. The minimum absolute atomic E-state index is 0.243. The molecule has 3 rings (SSSR count). The van der Waals surface area contributed by atoms with Gasteiger partial charge in [0.1, 0.15) is 0 Å². The number of aromatic nitrogens is 2. The third-order valence-electron chi connectivity index (χ3n) is 2.92. The second kappa shape index (κ2) is 4.86. The van der Waals surface area contributed by atoms with Crippen LogP contribution in [0.5, 0.6) is 0 Å². The molecule has 2 aromatic heterocycles. The number of rotatable bonds is 2. The maximum Gasteiger partial charge on any atom is 0.259 e.